The van der Waals surface area contributed by atoms with Crippen molar-refractivity contribution < 1.29 is 4.74 Å². The lowest BCUT2D eigenvalue weighted by Gasteiger charge is -2.20. The maximum atomic E-state index is 5.95. The van der Waals surface area contributed by atoms with Gasteiger partial charge in [0, 0.05) is 11.6 Å². The fourth-order valence-corrected chi connectivity index (χ4v) is 3.51. The summed E-state index contributed by atoms with van der Waals surface area (Å²) in [7, 11) is 0. The molecule has 0 aromatic heterocycles. The molecule has 1 unspecified atom stereocenters. The third-order valence-electron chi connectivity index (χ3n) is 4.72. The van der Waals surface area contributed by atoms with Crippen LogP contribution in [0, 0.1) is 6.92 Å². The molecule has 0 fully saturated rings. The normalized spacial score (nSPS) is 22.0. The van der Waals surface area contributed by atoms with Crippen LogP contribution >= 0.6 is 0 Å². The van der Waals surface area contributed by atoms with E-state index in [1.807, 2.05) is 0 Å². The van der Waals surface area contributed by atoms with E-state index in [0.29, 0.717) is 6.04 Å². The summed E-state index contributed by atoms with van der Waals surface area (Å²) in [5.74, 6) is 1.12. The van der Waals surface area contributed by atoms with Gasteiger partial charge < -0.3 is 10.1 Å². The molecule has 0 saturated heterocycles. The first-order valence-electron chi connectivity index (χ1n) is 8.48. The van der Waals surface area contributed by atoms with Crippen LogP contribution in [0.3, 0.4) is 0 Å². The van der Waals surface area contributed by atoms with Crippen molar-refractivity contribution in [2.45, 2.75) is 57.9 Å². The Morgan fingerprint density at radius 2 is 2.19 bits per heavy atom. The number of rotatable bonds is 4. The van der Waals surface area contributed by atoms with Gasteiger partial charge in [0.2, 0.25) is 0 Å². The number of hydrogen-bond acceptors (Lipinski definition) is 2. The smallest absolute Gasteiger partial charge is 0.126 e. The molecule has 1 aliphatic carbocycles. The van der Waals surface area contributed by atoms with Crippen LogP contribution < -0.4 is 10.1 Å². The first-order chi connectivity index (χ1) is 10.3. The number of fused-ring (bicyclic) bond motifs is 1. The number of ether oxygens (including phenoxy) is 1. The van der Waals surface area contributed by atoms with Gasteiger partial charge in [-0.15, -0.1) is 0 Å². The van der Waals surface area contributed by atoms with Crippen molar-refractivity contribution >= 4 is 0 Å². The van der Waals surface area contributed by atoms with Crippen LogP contribution in [-0.4, -0.2) is 13.2 Å². The van der Waals surface area contributed by atoms with Crippen LogP contribution in [0.1, 0.15) is 62.1 Å². The first kappa shape index (κ1) is 14.6. The monoisotopic (exact) mass is 285 g/mol. The molecule has 1 aromatic rings. The van der Waals surface area contributed by atoms with Gasteiger partial charge in [-0.3, -0.25) is 0 Å². The molecule has 114 valence electrons. The highest BCUT2D eigenvalue weighted by molar-refractivity contribution is 5.43. The second kappa shape index (κ2) is 7.13. The molecule has 0 saturated carbocycles. The number of para-hydroxylation sites is 1. The molecule has 1 aliphatic heterocycles. The summed E-state index contributed by atoms with van der Waals surface area (Å²) >= 11 is 0. The first-order valence-corrected chi connectivity index (χ1v) is 8.48. The Morgan fingerprint density at radius 1 is 1.24 bits per heavy atom. The second-order valence-electron chi connectivity index (χ2n) is 6.35. The van der Waals surface area contributed by atoms with Gasteiger partial charge in [-0.2, -0.15) is 0 Å². The van der Waals surface area contributed by atoms with Gasteiger partial charge in [-0.05, 0) is 64.0 Å². The SMILES string of the molecule is Cc1cccc2c1OCCCC2NCCC1=CCCCC1. The highest BCUT2D eigenvalue weighted by Crippen LogP contribution is 2.34. The maximum Gasteiger partial charge on any atom is 0.126 e. The van der Waals surface area contributed by atoms with Crippen LogP contribution in [0.4, 0.5) is 0 Å². The topological polar surface area (TPSA) is 21.3 Å². The number of aryl methyl sites for hydroxylation is 1. The molecule has 1 heterocycles. The molecule has 2 heteroatoms. The van der Waals surface area contributed by atoms with Gasteiger partial charge in [0.1, 0.15) is 5.75 Å². The number of allylic oxidation sites excluding steroid dienone is 1. The third-order valence-corrected chi connectivity index (χ3v) is 4.72. The van der Waals surface area contributed by atoms with Gasteiger partial charge in [-0.1, -0.05) is 29.8 Å². The minimum atomic E-state index is 0.451. The van der Waals surface area contributed by atoms with Gasteiger partial charge in [0.15, 0.2) is 0 Å². The second-order valence-corrected chi connectivity index (χ2v) is 6.35. The summed E-state index contributed by atoms with van der Waals surface area (Å²) in [6, 6.07) is 6.98. The zero-order valence-electron chi connectivity index (χ0n) is 13.2. The van der Waals surface area contributed by atoms with E-state index in [1.54, 1.807) is 5.57 Å². The Bertz CT molecular complexity index is 506. The standard InChI is InChI=1S/C19H27NO/c1-15-7-5-10-17-18(11-6-14-21-19(15)17)20-13-12-16-8-3-2-4-9-16/h5,7-8,10,18,20H,2-4,6,9,11-14H2,1H3. The van der Waals surface area contributed by atoms with Crippen LogP contribution in [-0.2, 0) is 0 Å². The molecule has 1 atom stereocenters. The fraction of sp³-hybridized carbons (Fsp3) is 0.579. The number of nitrogens with one attached hydrogen (secondary N) is 1. The minimum absolute atomic E-state index is 0.451. The van der Waals surface area contributed by atoms with Gasteiger partial charge in [0.05, 0.1) is 6.61 Å². The van der Waals surface area contributed by atoms with Crippen LogP contribution in [0.25, 0.3) is 0 Å². The highest BCUT2D eigenvalue weighted by atomic mass is 16.5. The Hall–Kier alpha value is -1.28. The van der Waals surface area contributed by atoms with Crippen molar-refractivity contribution in [3.05, 3.63) is 41.0 Å². The lowest BCUT2D eigenvalue weighted by molar-refractivity contribution is 0.313. The third kappa shape index (κ3) is 3.68. The van der Waals surface area contributed by atoms with E-state index >= 15 is 0 Å². The van der Waals surface area contributed by atoms with Crippen molar-refractivity contribution in [3.8, 4) is 5.75 Å². The quantitative estimate of drug-likeness (QED) is 0.810. The van der Waals surface area contributed by atoms with Gasteiger partial charge >= 0.3 is 0 Å². The molecule has 21 heavy (non-hydrogen) atoms. The largest absolute Gasteiger partial charge is 0.493 e. The summed E-state index contributed by atoms with van der Waals surface area (Å²) in [4.78, 5) is 0. The highest BCUT2D eigenvalue weighted by Gasteiger charge is 2.20. The van der Waals surface area contributed by atoms with E-state index in [2.05, 4.69) is 36.5 Å². The summed E-state index contributed by atoms with van der Waals surface area (Å²) in [6.45, 7) is 4.08. The molecule has 1 aromatic carbocycles. The van der Waals surface area contributed by atoms with Crippen LogP contribution in [0.2, 0.25) is 0 Å². The zero-order valence-corrected chi connectivity index (χ0v) is 13.2. The molecule has 0 radical (unpaired) electrons. The summed E-state index contributed by atoms with van der Waals surface area (Å²) in [5, 5.41) is 3.77. The number of hydrogen-bond donors (Lipinski definition) is 1. The summed E-state index contributed by atoms with van der Waals surface area (Å²) in [5.41, 5.74) is 4.27. The lowest BCUT2D eigenvalue weighted by atomic mass is 9.96. The van der Waals surface area contributed by atoms with Crippen molar-refractivity contribution in [2.75, 3.05) is 13.2 Å². The predicted molar refractivity (Wildman–Crippen MR) is 87.8 cm³/mol. The van der Waals surface area contributed by atoms with E-state index in [0.717, 1.165) is 25.3 Å². The minimum Gasteiger partial charge on any atom is -0.493 e. The summed E-state index contributed by atoms with van der Waals surface area (Å²) < 4.78 is 5.95. The van der Waals surface area contributed by atoms with E-state index in [4.69, 9.17) is 4.74 Å². The van der Waals surface area contributed by atoms with Crippen molar-refractivity contribution in [1.29, 1.82) is 0 Å². The Kier molecular flexibility index (Phi) is 4.97. The molecule has 1 N–H and O–H groups in total. The molecule has 3 rings (SSSR count). The maximum absolute atomic E-state index is 5.95. The van der Waals surface area contributed by atoms with Gasteiger partial charge in [0.25, 0.3) is 0 Å². The molecule has 0 spiro atoms. The Labute approximate surface area is 128 Å². The van der Waals surface area contributed by atoms with E-state index in [1.165, 1.54) is 49.7 Å². The van der Waals surface area contributed by atoms with E-state index < -0.39 is 0 Å². The van der Waals surface area contributed by atoms with Gasteiger partial charge in [-0.25, -0.2) is 0 Å². The molecule has 2 aliphatic rings. The molecule has 0 amide bonds. The lowest BCUT2D eigenvalue weighted by Crippen LogP contribution is -2.22. The van der Waals surface area contributed by atoms with Crippen molar-refractivity contribution in [1.82, 2.24) is 5.32 Å². The fourth-order valence-electron chi connectivity index (χ4n) is 3.51. The Morgan fingerprint density at radius 3 is 3.05 bits per heavy atom. The van der Waals surface area contributed by atoms with Crippen LogP contribution in [0.5, 0.6) is 5.75 Å². The molecule has 2 nitrogen and oxygen atoms in total. The van der Waals surface area contributed by atoms with E-state index in [9.17, 15) is 0 Å². The van der Waals surface area contributed by atoms with Crippen LogP contribution in [0.15, 0.2) is 29.8 Å². The average Bonchev–Trinajstić information content (AvgIpc) is 2.72. The van der Waals surface area contributed by atoms with E-state index in [-0.39, 0.29) is 0 Å². The Balaban J connectivity index is 1.63. The predicted octanol–water partition coefficient (Wildman–Crippen LogP) is 4.69. The number of benzene rings is 1. The average molecular weight is 285 g/mol. The molecule has 0 bridgehead atoms. The summed E-state index contributed by atoms with van der Waals surface area (Å²) in [6.07, 6.45) is 11.3. The van der Waals surface area contributed by atoms with Crippen molar-refractivity contribution in [3.63, 3.8) is 0 Å². The molecular weight excluding hydrogens is 258 g/mol. The van der Waals surface area contributed by atoms with Crippen molar-refractivity contribution in [2.24, 2.45) is 0 Å². The zero-order chi connectivity index (χ0) is 14.5. The molecular formula is C19H27NO.